The van der Waals surface area contributed by atoms with E-state index in [0.29, 0.717) is 0 Å². The Bertz CT molecular complexity index is 1250. The minimum Gasteiger partial charge on any atom is -0.394 e. The number of hydrogen-bond acceptors (Lipinski definition) is 6. The first-order chi connectivity index (χ1) is 14.5. The number of nitrogens with zero attached hydrogens (tertiary/aromatic N) is 2. The van der Waals surface area contributed by atoms with E-state index in [4.69, 9.17) is 9.47 Å². The second kappa shape index (κ2) is 7.30. The van der Waals surface area contributed by atoms with Crippen molar-refractivity contribution in [3.8, 4) is 0 Å². The summed E-state index contributed by atoms with van der Waals surface area (Å²) < 4.78 is 13.6. The van der Waals surface area contributed by atoms with Gasteiger partial charge >= 0.3 is 0 Å². The summed E-state index contributed by atoms with van der Waals surface area (Å²) in [6, 6.07) is 10.2. The van der Waals surface area contributed by atoms with Crippen molar-refractivity contribution in [1.82, 2.24) is 9.55 Å². The van der Waals surface area contributed by atoms with Gasteiger partial charge in [-0.1, -0.05) is 18.2 Å². The molecule has 4 aromatic rings. The predicted octanol–water partition coefficient (Wildman–Crippen LogP) is 2.14. The summed E-state index contributed by atoms with van der Waals surface area (Å²) in [7, 11) is 2.06. The lowest BCUT2D eigenvalue weighted by Crippen LogP contribution is -2.34. The molecule has 0 bridgehead atoms. The van der Waals surface area contributed by atoms with Crippen molar-refractivity contribution in [3.05, 3.63) is 53.9 Å². The molecule has 5 rings (SSSR count). The van der Waals surface area contributed by atoms with Gasteiger partial charge in [-0.05, 0) is 35.6 Å². The molecule has 7 heteroatoms. The van der Waals surface area contributed by atoms with Crippen molar-refractivity contribution in [1.29, 1.82) is 0 Å². The van der Waals surface area contributed by atoms with Gasteiger partial charge < -0.3 is 29.4 Å². The number of aromatic nitrogens is 2. The first kappa shape index (κ1) is 19.4. The molecule has 0 saturated carbocycles. The average Bonchev–Trinajstić information content (AvgIpc) is 3.22. The minimum atomic E-state index is -1.22. The van der Waals surface area contributed by atoms with Crippen LogP contribution in [-0.2, 0) is 23.1 Å². The Balaban J connectivity index is 1.68. The van der Waals surface area contributed by atoms with Gasteiger partial charge in [-0.2, -0.15) is 0 Å². The minimum absolute atomic E-state index is 0.166. The van der Waals surface area contributed by atoms with Gasteiger partial charge in [0.2, 0.25) is 0 Å². The molecule has 1 fully saturated rings. The lowest BCUT2D eigenvalue weighted by atomic mass is 9.96. The van der Waals surface area contributed by atoms with Crippen molar-refractivity contribution < 1.29 is 24.8 Å². The highest BCUT2D eigenvalue weighted by molar-refractivity contribution is 6.16. The zero-order valence-electron chi connectivity index (χ0n) is 16.8. The molecule has 3 heterocycles. The number of aliphatic hydroxyl groups is 3. The maximum Gasteiger partial charge on any atom is 0.187 e. The number of hydrogen-bond donors (Lipinski definition) is 3. The van der Waals surface area contributed by atoms with Gasteiger partial charge in [0, 0.05) is 41.1 Å². The maximum absolute atomic E-state index is 10.3. The fraction of sp³-hybridized carbons (Fsp3) is 0.348. The highest BCUT2D eigenvalue weighted by atomic mass is 16.7. The quantitative estimate of drug-likeness (QED) is 0.479. The molecule has 3 N–H and O–H groups in total. The molecule has 30 heavy (non-hydrogen) atoms. The number of para-hydroxylation sites is 1. The standard InChI is InChI=1S/C23H24N2O5/c1-12-13-7-8-24-9-15(13)16(11-29-23-22(28)21(27)18(10-26)30-23)19-14-5-3-4-6-17(14)25(2)20(12)19/h3-9,18,21-23,26-28H,10-11H2,1-2H3/t18-,21-,22-,23-/m1/s1. The Labute approximate surface area is 173 Å². The largest absolute Gasteiger partial charge is 0.394 e. The highest BCUT2D eigenvalue weighted by Crippen LogP contribution is 2.39. The van der Waals surface area contributed by atoms with Gasteiger partial charge in [0.05, 0.1) is 18.7 Å². The molecule has 0 unspecified atom stereocenters. The summed E-state index contributed by atoms with van der Waals surface area (Å²) >= 11 is 0. The van der Waals surface area contributed by atoms with Gasteiger partial charge in [-0.15, -0.1) is 0 Å². The van der Waals surface area contributed by atoms with Crippen LogP contribution >= 0.6 is 0 Å². The lowest BCUT2D eigenvalue weighted by Gasteiger charge is -2.18. The fourth-order valence-electron chi connectivity index (χ4n) is 4.68. The van der Waals surface area contributed by atoms with E-state index in [1.54, 1.807) is 6.20 Å². The van der Waals surface area contributed by atoms with Crippen LogP contribution in [0, 0.1) is 6.92 Å². The van der Waals surface area contributed by atoms with Crippen LogP contribution in [0.5, 0.6) is 0 Å². The highest BCUT2D eigenvalue weighted by Gasteiger charge is 2.43. The number of ether oxygens (including phenoxy) is 2. The molecule has 2 aromatic carbocycles. The Kier molecular flexibility index (Phi) is 4.72. The van der Waals surface area contributed by atoms with Gasteiger partial charge in [-0.25, -0.2) is 0 Å². The van der Waals surface area contributed by atoms with Crippen LogP contribution in [0.15, 0.2) is 42.7 Å². The summed E-state index contributed by atoms with van der Waals surface area (Å²) in [4.78, 5) is 4.32. The summed E-state index contributed by atoms with van der Waals surface area (Å²) in [5.74, 6) is 0. The van der Waals surface area contributed by atoms with E-state index in [1.165, 1.54) is 0 Å². The zero-order valence-corrected chi connectivity index (χ0v) is 16.8. The fourth-order valence-corrected chi connectivity index (χ4v) is 4.68. The van der Waals surface area contributed by atoms with E-state index in [2.05, 4.69) is 35.7 Å². The van der Waals surface area contributed by atoms with Crippen molar-refractivity contribution in [3.63, 3.8) is 0 Å². The van der Waals surface area contributed by atoms with Crippen LogP contribution in [0.1, 0.15) is 11.1 Å². The van der Waals surface area contributed by atoms with Crippen molar-refractivity contribution in [2.75, 3.05) is 6.61 Å². The van der Waals surface area contributed by atoms with Crippen LogP contribution < -0.4 is 0 Å². The number of aryl methyl sites for hydroxylation is 2. The topological polar surface area (TPSA) is 97.0 Å². The molecule has 0 spiro atoms. The van der Waals surface area contributed by atoms with Crippen molar-refractivity contribution in [2.24, 2.45) is 7.05 Å². The normalized spacial score (nSPS) is 24.4. The number of rotatable bonds is 4. The summed E-state index contributed by atoms with van der Waals surface area (Å²) in [6.45, 7) is 1.89. The van der Waals surface area contributed by atoms with E-state index in [0.717, 1.165) is 43.7 Å². The molecule has 1 aliphatic rings. The molecule has 4 atom stereocenters. The van der Waals surface area contributed by atoms with Gasteiger partial charge in [0.1, 0.15) is 18.3 Å². The molecule has 0 aliphatic carbocycles. The van der Waals surface area contributed by atoms with Crippen molar-refractivity contribution in [2.45, 2.75) is 38.1 Å². The van der Waals surface area contributed by atoms with Crippen LogP contribution in [0.2, 0.25) is 0 Å². The van der Waals surface area contributed by atoms with Crippen molar-refractivity contribution >= 4 is 32.6 Å². The van der Waals surface area contributed by atoms with E-state index < -0.39 is 24.6 Å². The number of aliphatic hydroxyl groups excluding tert-OH is 3. The predicted molar refractivity (Wildman–Crippen MR) is 113 cm³/mol. The monoisotopic (exact) mass is 408 g/mol. The molecule has 1 saturated heterocycles. The molecule has 0 radical (unpaired) electrons. The smallest absolute Gasteiger partial charge is 0.187 e. The molecular formula is C23H24N2O5. The Morgan fingerprint density at radius 2 is 1.90 bits per heavy atom. The first-order valence-corrected chi connectivity index (χ1v) is 9.99. The number of fused-ring (bicyclic) bond motifs is 4. The number of benzene rings is 2. The third kappa shape index (κ3) is 2.74. The third-order valence-electron chi connectivity index (χ3n) is 6.20. The van der Waals surface area contributed by atoms with E-state index in [9.17, 15) is 15.3 Å². The Morgan fingerprint density at radius 3 is 2.67 bits per heavy atom. The van der Waals surface area contributed by atoms with Crippen LogP contribution in [0.25, 0.3) is 32.6 Å². The zero-order chi connectivity index (χ0) is 21.0. The lowest BCUT2D eigenvalue weighted by molar-refractivity contribution is -0.175. The molecule has 1 aliphatic heterocycles. The number of pyridine rings is 1. The molecule has 156 valence electrons. The second-order valence-electron chi connectivity index (χ2n) is 7.84. The van der Waals surface area contributed by atoms with Gasteiger partial charge in [-0.3, -0.25) is 4.98 Å². The van der Waals surface area contributed by atoms with E-state index in [1.807, 2.05) is 24.4 Å². The Hall–Kier alpha value is -2.55. The van der Waals surface area contributed by atoms with Gasteiger partial charge in [0.25, 0.3) is 0 Å². The molecule has 2 aromatic heterocycles. The van der Waals surface area contributed by atoms with E-state index in [-0.39, 0.29) is 13.2 Å². The molecular weight excluding hydrogens is 384 g/mol. The second-order valence-corrected chi connectivity index (χ2v) is 7.84. The summed E-state index contributed by atoms with van der Waals surface area (Å²) in [6.07, 6.45) is -0.678. The van der Waals surface area contributed by atoms with E-state index >= 15 is 0 Å². The van der Waals surface area contributed by atoms with Crippen LogP contribution in [0.3, 0.4) is 0 Å². The first-order valence-electron chi connectivity index (χ1n) is 9.99. The van der Waals surface area contributed by atoms with Gasteiger partial charge in [0.15, 0.2) is 6.29 Å². The Morgan fingerprint density at radius 1 is 1.10 bits per heavy atom. The SMILES string of the molecule is Cc1c2ccncc2c(CO[C@@H]2O[C@H](CO)[C@@H](O)[C@H]2O)c2c3ccccc3n(C)c12. The average molecular weight is 408 g/mol. The third-order valence-corrected chi connectivity index (χ3v) is 6.20. The van der Waals surface area contributed by atoms with Crippen LogP contribution in [0.4, 0.5) is 0 Å². The summed E-state index contributed by atoms with van der Waals surface area (Å²) in [5.41, 5.74) is 4.36. The van der Waals surface area contributed by atoms with Crippen LogP contribution in [-0.4, -0.2) is 56.1 Å². The molecule has 7 nitrogen and oxygen atoms in total. The summed E-state index contributed by atoms with van der Waals surface area (Å²) in [5, 5.41) is 33.9. The molecule has 0 amide bonds. The maximum atomic E-state index is 10.3.